The Morgan fingerprint density at radius 2 is 2.00 bits per heavy atom. The first-order valence-electron chi connectivity index (χ1n) is 6.80. The highest BCUT2D eigenvalue weighted by Gasteiger charge is 2.15. The van der Waals surface area contributed by atoms with Crippen molar-refractivity contribution in [2.24, 2.45) is 11.3 Å². The maximum absolute atomic E-state index is 6.04. The van der Waals surface area contributed by atoms with Crippen LogP contribution in [0.4, 0.5) is 0 Å². The molecule has 0 spiro atoms. The normalized spacial score (nSPS) is 13.6. The number of benzene rings is 1. The average molecular weight is 268 g/mol. The van der Waals surface area contributed by atoms with Gasteiger partial charge in [0, 0.05) is 5.02 Å². The molecule has 0 bridgehead atoms. The van der Waals surface area contributed by atoms with Gasteiger partial charge in [-0.15, -0.1) is 0 Å². The van der Waals surface area contributed by atoms with Gasteiger partial charge < -0.3 is 5.32 Å². The maximum atomic E-state index is 6.04. The van der Waals surface area contributed by atoms with E-state index in [-0.39, 0.29) is 0 Å². The molecule has 1 rings (SSSR count). The predicted molar refractivity (Wildman–Crippen MR) is 81.3 cm³/mol. The third kappa shape index (κ3) is 6.42. The van der Waals surface area contributed by atoms with Gasteiger partial charge in [-0.05, 0) is 61.9 Å². The van der Waals surface area contributed by atoms with Gasteiger partial charge in [-0.3, -0.25) is 0 Å². The molecule has 0 amide bonds. The van der Waals surface area contributed by atoms with Crippen molar-refractivity contribution in [2.45, 2.75) is 40.0 Å². The quantitative estimate of drug-likeness (QED) is 0.798. The van der Waals surface area contributed by atoms with Gasteiger partial charge in [0.2, 0.25) is 0 Å². The molecule has 1 aromatic carbocycles. The second-order valence-electron chi connectivity index (χ2n) is 6.36. The Bertz CT molecular complexity index is 354. The summed E-state index contributed by atoms with van der Waals surface area (Å²) in [5, 5.41) is 4.15. The summed E-state index contributed by atoms with van der Waals surface area (Å²) in [4.78, 5) is 0. The van der Waals surface area contributed by atoms with Crippen LogP contribution in [0.25, 0.3) is 0 Å². The van der Waals surface area contributed by atoms with E-state index in [0.29, 0.717) is 11.3 Å². The molecule has 0 aromatic heterocycles. The summed E-state index contributed by atoms with van der Waals surface area (Å²) in [5.41, 5.74) is 1.76. The molecule has 1 nitrogen and oxygen atoms in total. The zero-order chi connectivity index (χ0) is 13.6. The van der Waals surface area contributed by atoms with Crippen LogP contribution in [0.2, 0.25) is 5.02 Å². The van der Waals surface area contributed by atoms with Crippen molar-refractivity contribution in [3.8, 4) is 0 Å². The zero-order valence-corrected chi connectivity index (χ0v) is 12.8. The lowest BCUT2D eigenvalue weighted by Crippen LogP contribution is -2.22. The summed E-state index contributed by atoms with van der Waals surface area (Å²) < 4.78 is 0. The standard InChI is InChI=1S/C16H26ClN/c1-16(2,3)9-8-14(12-18-4)10-13-6-5-7-15(17)11-13/h5-7,11,14,18H,8-10,12H2,1-4H3. The van der Waals surface area contributed by atoms with E-state index in [0.717, 1.165) is 18.0 Å². The Balaban J connectivity index is 2.57. The van der Waals surface area contributed by atoms with Gasteiger partial charge in [0.15, 0.2) is 0 Å². The Morgan fingerprint density at radius 3 is 2.56 bits per heavy atom. The van der Waals surface area contributed by atoms with Gasteiger partial charge in [-0.2, -0.15) is 0 Å². The van der Waals surface area contributed by atoms with Crippen molar-refractivity contribution >= 4 is 11.6 Å². The highest BCUT2D eigenvalue weighted by atomic mass is 35.5. The highest BCUT2D eigenvalue weighted by molar-refractivity contribution is 6.30. The van der Waals surface area contributed by atoms with E-state index >= 15 is 0 Å². The predicted octanol–water partition coefficient (Wildman–Crippen LogP) is 4.54. The second-order valence-corrected chi connectivity index (χ2v) is 6.79. The lowest BCUT2D eigenvalue weighted by atomic mass is 9.84. The van der Waals surface area contributed by atoms with Crippen LogP contribution in [0.5, 0.6) is 0 Å². The van der Waals surface area contributed by atoms with E-state index in [4.69, 9.17) is 11.6 Å². The summed E-state index contributed by atoms with van der Waals surface area (Å²) in [6.07, 6.45) is 3.63. The molecular weight excluding hydrogens is 242 g/mol. The third-order valence-electron chi connectivity index (χ3n) is 3.21. The summed E-state index contributed by atoms with van der Waals surface area (Å²) >= 11 is 6.04. The molecule has 0 saturated heterocycles. The number of hydrogen-bond donors (Lipinski definition) is 1. The van der Waals surface area contributed by atoms with Crippen molar-refractivity contribution < 1.29 is 0 Å². The summed E-state index contributed by atoms with van der Waals surface area (Å²) in [5.74, 6) is 0.688. The minimum atomic E-state index is 0.417. The number of rotatable bonds is 6. The van der Waals surface area contributed by atoms with E-state index in [1.807, 2.05) is 19.2 Å². The van der Waals surface area contributed by atoms with Crippen molar-refractivity contribution in [1.29, 1.82) is 0 Å². The summed E-state index contributed by atoms with van der Waals surface area (Å²) in [6.45, 7) is 8.00. The summed E-state index contributed by atoms with van der Waals surface area (Å²) in [7, 11) is 2.03. The maximum Gasteiger partial charge on any atom is 0.0408 e. The first-order valence-corrected chi connectivity index (χ1v) is 7.17. The monoisotopic (exact) mass is 267 g/mol. The van der Waals surface area contributed by atoms with Gasteiger partial charge in [0.25, 0.3) is 0 Å². The molecule has 0 radical (unpaired) electrons. The van der Waals surface area contributed by atoms with Gasteiger partial charge in [0.05, 0.1) is 0 Å². The average Bonchev–Trinajstić information content (AvgIpc) is 2.25. The fraction of sp³-hybridized carbons (Fsp3) is 0.625. The number of hydrogen-bond acceptors (Lipinski definition) is 1. The highest BCUT2D eigenvalue weighted by Crippen LogP contribution is 2.25. The van der Waals surface area contributed by atoms with Gasteiger partial charge in [-0.25, -0.2) is 0 Å². The van der Waals surface area contributed by atoms with E-state index in [1.165, 1.54) is 18.4 Å². The molecule has 0 fully saturated rings. The molecule has 18 heavy (non-hydrogen) atoms. The molecule has 2 heteroatoms. The Kier molecular flexibility index (Phi) is 6.17. The third-order valence-corrected chi connectivity index (χ3v) is 3.44. The van der Waals surface area contributed by atoms with Crippen LogP contribution in [0, 0.1) is 11.3 Å². The van der Waals surface area contributed by atoms with E-state index < -0.39 is 0 Å². The van der Waals surface area contributed by atoms with Crippen LogP contribution in [-0.2, 0) is 6.42 Å². The van der Waals surface area contributed by atoms with Crippen LogP contribution >= 0.6 is 11.6 Å². The van der Waals surface area contributed by atoms with Gasteiger partial charge in [0.1, 0.15) is 0 Å². The molecule has 0 aliphatic heterocycles. The molecule has 1 N–H and O–H groups in total. The van der Waals surface area contributed by atoms with E-state index in [2.05, 4.69) is 38.2 Å². The van der Waals surface area contributed by atoms with Crippen LogP contribution in [0.15, 0.2) is 24.3 Å². The van der Waals surface area contributed by atoms with Crippen molar-refractivity contribution in [1.82, 2.24) is 5.32 Å². The first-order chi connectivity index (χ1) is 8.40. The Morgan fingerprint density at radius 1 is 1.28 bits per heavy atom. The molecule has 102 valence electrons. The van der Waals surface area contributed by atoms with Crippen molar-refractivity contribution in [2.75, 3.05) is 13.6 Å². The first kappa shape index (κ1) is 15.5. The summed E-state index contributed by atoms with van der Waals surface area (Å²) in [6, 6.07) is 8.23. The number of nitrogens with one attached hydrogen (secondary N) is 1. The van der Waals surface area contributed by atoms with E-state index in [9.17, 15) is 0 Å². The zero-order valence-electron chi connectivity index (χ0n) is 12.1. The lowest BCUT2D eigenvalue weighted by Gasteiger charge is -2.23. The molecule has 1 atom stereocenters. The molecule has 1 aromatic rings. The minimum absolute atomic E-state index is 0.417. The molecule has 0 aliphatic rings. The molecule has 1 unspecified atom stereocenters. The van der Waals surface area contributed by atoms with Gasteiger partial charge >= 0.3 is 0 Å². The van der Waals surface area contributed by atoms with Gasteiger partial charge in [-0.1, -0.05) is 44.5 Å². The van der Waals surface area contributed by atoms with Crippen LogP contribution in [0.3, 0.4) is 0 Å². The molecule has 0 aliphatic carbocycles. The number of halogens is 1. The Hall–Kier alpha value is -0.530. The van der Waals surface area contributed by atoms with Crippen LogP contribution in [0.1, 0.15) is 39.2 Å². The molecule has 0 saturated carbocycles. The fourth-order valence-corrected chi connectivity index (χ4v) is 2.41. The van der Waals surface area contributed by atoms with Crippen LogP contribution < -0.4 is 5.32 Å². The van der Waals surface area contributed by atoms with E-state index in [1.54, 1.807) is 0 Å². The second kappa shape index (κ2) is 7.16. The molecule has 0 heterocycles. The topological polar surface area (TPSA) is 12.0 Å². The smallest absolute Gasteiger partial charge is 0.0408 e. The lowest BCUT2D eigenvalue weighted by molar-refractivity contribution is 0.316. The fourth-order valence-electron chi connectivity index (χ4n) is 2.20. The Labute approximate surface area is 117 Å². The molecular formula is C16H26ClN. The van der Waals surface area contributed by atoms with Crippen LogP contribution in [-0.4, -0.2) is 13.6 Å². The minimum Gasteiger partial charge on any atom is -0.319 e. The van der Waals surface area contributed by atoms with Crippen molar-refractivity contribution in [3.63, 3.8) is 0 Å². The van der Waals surface area contributed by atoms with Crippen molar-refractivity contribution in [3.05, 3.63) is 34.9 Å². The SMILES string of the molecule is CNCC(CCC(C)(C)C)Cc1cccc(Cl)c1. The largest absolute Gasteiger partial charge is 0.319 e.